The van der Waals surface area contributed by atoms with Crippen molar-refractivity contribution in [3.05, 3.63) is 74.1 Å². The minimum atomic E-state index is -1.34. The molecule has 0 bridgehead atoms. The smallest absolute Gasteiger partial charge is 0.352 e. The SMILES string of the molecule is COc1cc2ccccc2cc1CCc1c(C(=O)O)[nH]c(=O)[nH]c1=O. The first kappa shape index (κ1) is 16.5. The van der Waals surface area contributed by atoms with Gasteiger partial charge in [-0.05, 0) is 41.3 Å². The molecular formula is C18H16N2O5. The van der Waals surface area contributed by atoms with Crippen molar-refractivity contribution in [2.75, 3.05) is 7.11 Å². The van der Waals surface area contributed by atoms with Gasteiger partial charge in [-0.1, -0.05) is 24.3 Å². The molecule has 0 fully saturated rings. The Morgan fingerprint density at radius 3 is 2.40 bits per heavy atom. The van der Waals surface area contributed by atoms with Gasteiger partial charge < -0.3 is 14.8 Å². The Bertz CT molecular complexity index is 1060. The molecule has 0 radical (unpaired) electrons. The van der Waals surface area contributed by atoms with E-state index in [1.807, 2.05) is 36.4 Å². The summed E-state index contributed by atoms with van der Waals surface area (Å²) in [4.78, 5) is 38.8. The van der Waals surface area contributed by atoms with Crippen LogP contribution in [-0.2, 0) is 12.8 Å². The average Bonchev–Trinajstić information content (AvgIpc) is 2.59. The molecule has 0 aliphatic heterocycles. The maximum Gasteiger partial charge on any atom is 0.352 e. The molecule has 128 valence electrons. The lowest BCUT2D eigenvalue weighted by Crippen LogP contribution is -2.30. The number of rotatable bonds is 5. The summed E-state index contributed by atoms with van der Waals surface area (Å²) in [5.74, 6) is -0.680. The van der Waals surface area contributed by atoms with E-state index in [2.05, 4.69) is 9.97 Å². The first-order valence-corrected chi connectivity index (χ1v) is 7.64. The van der Waals surface area contributed by atoms with E-state index in [4.69, 9.17) is 4.74 Å². The summed E-state index contributed by atoms with van der Waals surface area (Å²) in [6.07, 6.45) is 0.547. The monoisotopic (exact) mass is 340 g/mol. The molecule has 0 saturated carbocycles. The van der Waals surface area contributed by atoms with Gasteiger partial charge in [0.25, 0.3) is 5.56 Å². The number of methoxy groups -OCH3 is 1. The molecule has 0 spiro atoms. The average molecular weight is 340 g/mol. The molecule has 25 heavy (non-hydrogen) atoms. The second-order valence-electron chi connectivity index (χ2n) is 5.58. The van der Waals surface area contributed by atoms with Gasteiger partial charge in [-0.3, -0.25) is 9.78 Å². The Hall–Kier alpha value is -3.35. The van der Waals surface area contributed by atoms with E-state index >= 15 is 0 Å². The third-order valence-corrected chi connectivity index (χ3v) is 4.05. The van der Waals surface area contributed by atoms with Gasteiger partial charge in [0.15, 0.2) is 0 Å². The summed E-state index contributed by atoms with van der Waals surface area (Å²) in [5, 5.41) is 11.3. The van der Waals surface area contributed by atoms with Crippen LogP contribution in [0, 0.1) is 0 Å². The number of ether oxygens (including phenoxy) is 1. The summed E-state index contributed by atoms with van der Waals surface area (Å²) >= 11 is 0. The van der Waals surface area contributed by atoms with Crippen LogP contribution in [0.4, 0.5) is 0 Å². The van der Waals surface area contributed by atoms with Crippen molar-refractivity contribution in [1.82, 2.24) is 9.97 Å². The fourth-order valence-corrected chi connectivity index (χ4v) is 2.85. The minimum Gasteiger partial charge on any atom is -0.496 e. The normalized spacial score (nSPS) is 10.8. The number of fused-ring (bicyclic) bond motifs is 1. The van der Waals surface area contributed by atoms with Crippen LogP contribution in [0.3, 0.4) is 0 Å². The molecule has 7 nitrogen and oxygen atoms in total. The second-order valence-corrected chi connectivity index (χ2v) is 5.58. The lowest BCUT2D eigenvalue weighted by atomic mass is 10.00. The number of aromatic amines is 2. The standard InChI is InChI=1S/C18H16N2O5/c1-25-14-9-11-5-3-2-4-10(11)8-12(14)6-7-13-15(17(22)23)19-18(24)20-16(13)21/h2-5,8-9H,6-7H2,1H3,(H,22,23)(H2,19,20,21,24). The Morgan fingerprint density at radius 2 is 1.76 bits per heavy atom. The van der Waals surface area contributed by atoms with Crippen molar-refractivity contribution < 1.29 is 14.6 Å². The summed E-state index contributed by atoms with van der Waals surface area (Å²) in [7, 11) is 1.56. The third kappa shape index (κ3) is 3.30. The van der Waals surface area contributed by atoms with Crippen LogP contribution in [0.1, 0.15) is 21.6 Å². The molecule has 7 heteroatoms. The van der Waals surface area contributed by atoms with E-state index in [1.165, 1.54) is 0 Å². The quantitative estimate of drug-likeness (QED) is 0.654. The van der Waals surface area contributed by atoms with Crippen LogP contribution in [0.15, 0.2) is 46.0 Å². The van der Waals surface area contributed by atoms with Crippen molar-refractivity contribution in [3.8, 4) is 5.75 Å². The number of hydrogen-bond acceptors (Lipinski definition) is 4. The van der Waals surface area contributed by atoms with E-state index in [0.717, 1.165) is 16.3 Å². The minimum absolute atomic E-state index is 0.0299. The Morgan fingerprint density at radius 1 is 1.08 bits per heavy atom. The largest absolute Gasteiger partial charge is 0.496 e. The van der Waals surface area contributed by atoms with Crippen LogP contribution >= 0.6 is 0 Å². The van der Waals surface area contributed by atoms with Gasteiger partial charge in [0, 0.05) is 5.56 Å². The summed E-state index contributed by atoms with van der Waals surface area (Å²) in [6, 6.07) is 11.6. The highest BCUT2D eigenvalue weighted by Gasteiger charge is 2.16. The highest BCUT2D eigenvalue weighted by atomic mass is 16.5. The molecule has 0 amide bonds. The highest BCUT2D eigenvalue weighted by Crippen LogP contribution is 2.27. The highest BCUT2D eigenvalue weighted by molar-refractivity contribution is 5.87. The van der Waals surface area contributed by atoms with Gasteiger partial charge in [0.05, 0.1) is 7.11 Å². The predicted molar refractivity (Wildman–Crippen MR) is 92.6 cm³/mol. The van der Waals surface area contributed by atoms with Crippen molar-refractivity contribution in [2.24, 2.45) is 0 Å². The Labute approximate surface area is 141 Å². The van der Waals surface area contributed by atoms with E-state index in [-0.39, 0.29) is 17.7 Å². The molecule has 0 aliphatic rings. The maximum absolute atomic E-state index is 12.0. The van der Waals surface area contributed by atoms with Crippen LogP contribution < -0.4 is 16.0 Å². The van der Waals surface area contributed by atoms with Crippen LogP contribution in [0.25, 0.3) is 10.8 Å². The zero-order valence-electron chi connectivity index (χ0n) is 13.5. The molecule has 2 aromatic carbocycles. The van der Waals surface area contributed by atoms with E-state index < -0.39 is 17.2 Å². The van der Waals surface area contributed by atoms with Crippen LogP contribution in [0.2, 0.25) is 0 Å². The number of carboxylic acid groups (broad SMARTS) is 1. The lowest BCUT2D eigenvalue weighted by Gasteiger charge is -2.11. The number of H-pyrrole nitrogens is 2. The first-order chi connectivity index (χ1) is 12.0. The van der Waals surface area contributed by atoms with E-state index in [1.54, 1.807) is 7.11 Å². The molecule has 0 unspecified atom stereocenters. The molecule has 0 atom stereocenters. The van der Waals surface area contributed by atoms with Gasteiger partial charge in [-0.15, -0.1) is 0 Å². The molecule has 1 aromatic heterocycles. The Kier molecular flexibility index (Phi) is 4.38. The number of benzene rings is 2. The molecule has 3 rings (SSSR count). The van der Waals surface area contributed by atoms with Gasteiger partial charge in [-0.25, -0.2) is 9.59 Å². The first-order valence-electron chi connectivity index (χ1n) is 7.64. The number of nitrogens with one attached hydrogen (secondary N) is 2. The van der Waals surface area contributed by atoms with Crippen molar-refractivity contribution in [3.63, 3.8) is 0 Å². The van der Waals surface area contributed by atoms with Crippen molar-refractivity contribution in [2.45, 2.75) is 12.8 Å². The third-order valence-electron chi connectivity index (χ3n) is 4.05. The number of carboxylic acids is 1. The molecule has 0 saturated heterocycles. The summed E-state index contributed by atoms with van der Waals surface area (Å²) in [6.45, 7) is 0. The molecule has 3 aromatic rings. The second kappa shape index (κ2) is 6.64. The lowest BCUT2D eigenvalue weighted by molar-refractivity contribution is 0.0688. The fraction of sp³-hybridized carbons (Fsp3) is 0.167. The molecule has 0 aliphatic carbocycles. The number of aromatic nitrogens is 2. The van der Waals surface area contributed by atoms with Crippen molar-refractivity contribution in [1.29, 1.82) is 0 Å². The zero-order chi connectivity index (χ0) is 18.0. The van der Waals surface area contributed by atoms with Crippen molar-refractivity contribution >= 4 is 16.7 Å². The fourth-order valence-electron chi connectivity index (χ4n) is 2.85. The number of aryl methyl sites for hydroxylation is 1. The maximum atomic E-state index is 12.0. The topological polar surface area (TPSA) is 112 Å². The Balaban J connectivity index is 2.00. The summed E-state index contributed by atoms with van der Waals surface area (Å²) in [5.41, 5.74) is -1.03. The van der Waals surface area contributed by atoms with E-state index in [9.17, 15) is 19.5 Å². The zero-order valence-corrected chi connectivity index (χ0v) is 13.5. The molecular weight excluding hydrogens is 324 g/mol. The van der Waals surface area contributed by atoms with Gasteiger partial charge in [0.1, 0.15) is 11.4 Å². The van der Waals surface area contributed by atoms with Crippen LogP contribution in [0.5, 0.6) is 5.75 Å². The predicted octanol–water partition coefficient (Wildman–Crippen LogP) is 1.71. The number of carbonyl (C=O) groups is 1. The van der Waals surface area contributed by atoms with Gasteiger partial charge in [-0.2, -0.15) is 0 Å². The van der Waals surface area contributed by atoms with Gasteiger partial charge in [0.2, 0.25) is 0 Å². The van der Waals surface area contributed by atoms with E-state index in [0.29, 0.717) is 12.2 Å². The van der Waals surface area contributed by atoms with Crippen LogP contribution in [-0.4, -0.2) is 28.2 Å². The molecule has 1 heterocycles. The number of hydrogen-bond donors (Lipinski definition) is 3. The number of aromatic carboxylic acids is 1. The van der Waals surface area contributed by atoms with Gasteiger partial charge >= 0.3 is 11.7 Å². The molecule has 3 N–H and O–H groups in total. The summed E-state index contributed by atoms with van der Waals surface area (Å²) < 4.78 is 5.41.